The number of nitrogens with zero attached hydrogens (tertiary/aromatic N) is 1. The number of benzene rings is 3. The first-order valence-electron chi connectivity index (χ1n) is 8.35. The van der Waals surface area contributed by atoms with Gasteiger partial charge in [0.2, 0.25) is 0 Å². The van der Waals surface area contributed by atoms with Crippen LogP contribution in [0, 0.1) is 0 Å². The summed E-state index contributed by atoms with van der Waals surface area (Å²) in [6, 6.07) is 18.3. The van der Waals surface area contributed by atoms with Gasteiger partial charge in [0.25, 0.3) is 0 Å². The molecule has 0 aliphatic carbocycles. The molecule has 0 aliphatic rings. The monoisotopic (exact) mass is 434 g/mol. The Morgan fingerprint density at radius 1 is 0.964 bits per heavy atom. The van der Waals surface area contributed by atoms with Gasteiger partial charge in [0, 0.05) is 10.6 Å². The van der Waals surface area contributed by atoms with Gasteiger partial charge in [0.15, 0.2) is 11.5 Å². The van der Waals surface area contributed by atoms with E-state index in [1.54, 1.807) is 31.5 Å². The maximum absolute atomic E-state index is 6.04. The van der Waals surface area contributed by atoms with Gasteiger partial charge in [-0.05, 0) is 48.0 Å². The maximum atomic E-state index is 6.04. The van der Waals surface area contributed by atoms with Gasteiger partial charge in [-0.25, -0.2) is 0 Å². The van der Waals surface area contributed by atoms with Crippen LogP contribution in [0.4, 0.5) is 5.69 Å². The Morgan fingerprint density at radius 2 is 1.79 bits per heavy atom. The van der Waals surface area contributed by atoms with Crippen LogP contribution >= 0.6 is 34.8 Å². The Labute approximate surface area is 178 Å². The van der Waals surface area contributed by atoms with Crippen LogP contribution in [-0.2, 0) is 6.61 Å². The topological polar surface area (TPSA) is 42.8 Å². The lowest BCUT2D eigenvalue weighted by Gasteiger charge is -2.13. The van der Waals surface area contributed by atoms with Crippen LogP contribution in [0.25, 0.3) is 0 Å². The van der Waals surface area contributed by atoms with Crippen molar-refractivity contribution in [1.82, 2.24) is 0 Å². The number of ether oxygens (including phenoxy) is 2. The normalized spacial score (nSPS) is 10.9. The fourth-order valence-electron chi connectivity index (χ4n) is 2.47. The summed E-state index contributed by atoms with van der Waals surface area (Å²) < 4.78 is 11.4. The molecule has 144 valence electrons. The highest BCUT2D eigenvalue weighted by Crippen LogP contribution is 2.31. The van der Waals surface area contributed by atoms with E-state index in [0.29, 0.717) is 33.2 Å². The second-order valence-corrected chi connectivity index (χ2v) is 7.05. The summed E-state index contributed by atoms with van der Waals surface area (Å²) in [5, 5.41) is 5.85. The first-order valence-corrected chi connectivity index (χ1v) is 9.48. The van der Waals surface area contributed by atoms with E-state index in [4.69, 9.17) is 44.3 Å². The summed E-state index contributed by atoms with van der Waals surface area (Å²) >= 11 is 18.0. The number of para-hydroxylation sites is 1. The number of hydrogen-bond acceptors (Lipinski definition) is 4. The average Bonchev–Trinajstić information content (AvgIpc) is 2.69. The first-order chi connectivity index (χ1) is 13.6. The predicted octanol–water partition coefficient (Wildman–Crippen LogP) is 6.68. The van der Waals surface area contributed by atoms with E-state index in [2.05, 4.69) is 10.5 Å². The highest BCUT2D eigenvalue weighted by Gasteiger charge is 2.10. The molecule has 3 aromatic carbocycles. The largest absolute Gasteiger partial charge is 0.493 e. The Bertz CT molecular complexity index is 993. The number of halogens is 3. The van der Waals surface area contributed by atoms with E-state index < -0.39 is 0 Å². The van der Waals surface area contributed by atoms with Crippen molar-refractivity contribution in [2.75, 3.05) is 12.5 Å². The van der Waals surface area contributed by atoms with E-state index in [-0.39, 0.29) is 0 Å². The summed E-state index contributed by atoms with van der Waals surface area (Å²) in [7, 11) is 1.59. The van der Waals surface area contributed by atoms with Gasteiger partial charge in [-0.3, -0.25) is 5.43 Å². The van der Waals surface area contributed by atoms with Crippen LogP contribution in [0.1, 0.15) is 11.1 Å². The number of rotatable bonds is 7. The molecule has 0 fully saturated rings. The molecule has 0 heterocycles. The minimum absolute atomic E-state index is 0.349. The van der Waals surface area contributed by atoms with Crippen molar-refractivity contribution in [3.8, 4) is 11.5 Å². The van der Waals surface area contributed by atoms with Gasteiger partial charge in [-0.15, -0.1) is 0 Å². The van der Waals surface area contributed by atoms with Gasteiger partial charge < -0.3 is 9.47 Å². The molecule has 0 unspecified atom stereocenters. The van der Waals surface area contributed by atoms with E-state index >= 15 is 0 Å². The first kappa shape index (κ1) is 20.3. The number of nitrogens with one attached hydrogen (secondary N) is 1. The summed E-state index contributed by atoms with van der Waals surface area (Å²) in [4.78, 5) is 0. The standard InChI is InChI=1S/C21H17Cl3N2O2/c1-27-20-7-3-5-15(12-25-26-17-8-9-18(23)19(24)11-17)21(20)28-13-14-4-2-6-16(22)10-14/h2-12,26H,13H2,1H3. The minimum Gasteiger partial charge on any atom is -0.493 e. The van der Waals surface area contributed by atoms with Crippen molar-refractivity contribution < 1.29 is 9.47 Å². The molecule has 0 aromatic heterocycles. The Balaban J connectivity index is 1.77. The van der Waals surface area contributed by atoms with Crippen LogP contribution < -0.4 is 14.9 Å². The Kier molecular flexibility index (Phi) is 7.04. The van der Waals surface area contributed by atoms with Crippen molar-refractivity contribution in [3.63, 3.8) is 0 Å². The molecule has 0 saturated carbocycles. The number of hydrogen-bond donors (Lipinski definition) is 1. The third-order valence-electron chi connectivity index (χ3n) is 3.82. The van der Waals surface area contributed by atoms with Gasteiger partial charge in [-0.2, -0.15) is 5.10 Å². The minimum atomic E-state index is 0.349. The lowest BCUT2D eigenvalue weighted by atomic mass is 10.2. The number of anilines is 1. The molecule has 0 atom stereocenters. The molecular formula is C21H17Cl3N2O2. The molecule has 0 aliphatic heterocycles. The second kappa shape index (κ2) is 9.69. The third kappa shape index (κ3) is 5.32. The van der Waals surface area contributed by atoms with Crippen molar-refractivity contribution >= 4 is 46.7 Å². The van der Waals surface area contributed by atoms with Crippen LogP contribution in [0.15, 0.2) is 65.8 Å². The van der Waals surface area contributed by atoms with Gasteiger partial charge in [-0.1, -0.05) is 53.0 Å². The quantitative estimate of drug-likeness (QED) is 0.332. The van der Waals surface area contributed by atoms with Gasteiger partial charge in [0.05, 0.1) is 29.1 Å². The van der Waals surface area contributed by atoms with Crippen molar-refractivity contribution in [1.29, 1.82) is 0 Å². The summed E-state index contributed by atoms with van der Waals surface area (Å²) in [6.07, 6.45) is 1.65. The fourth-order valence-corrected chi connectivity index (χ4v) is 2.98. The molecule has 0 radical (unpaired) electrons. The molecule has 1 N–H and O–H groups in total. The zero-order valence-corrected chi connectivity index (χ0v) is 17.2. The number of hydrazone groups is 1. The predicted molar refractivity (Wildman–Crippen MR) is 116 cm³/mol. The molecular weight excluding hydrogens is 419 g/mol. The number of methoxy groups -OCH3 is 1. The average molecular weight is 436 g/mol. The summed E-state index contributed by atoms with van der Waals surface area (Å²) in [6.45, 7) is 0.349. The van der Waals surface area contributed by atoms with Crippen molar-refractivity contribution in [2.24, 2.45) is 5.10 Å². The van der Waals surface area contributed by atoms with Gasteiger partial charge >= 0.3 is 0 Å². The lowest BCUT2D eigenvalue weighted by Crippen LogP contribution is -2.01. The Hall–Kier alpha value is -2.40. The Morgan fingerprint density at radius 3 is 2.54 bits per heavy atom. The van der Waals surface area contributed by atoms with E-state index in [9.17, 15) is 0 Å². The molecule has 3 rings (SSSR count). The van der Waals surface area contributed by atoms with Gasteiger partial charge in [0.1, 0.15) is 6.61 Å². The SMILES string of the molecule is COc1cccc(C=NNc2ccc(Cl)c(Cl)c2)c1OCc1cccc(Cl)c1. The zero-order valence-electron chi connectivity index (χ0n) is 15.0. The molecule has 7 heteroatoms. The molecule has 0 saturated heterocycles. The van der Waals surface area contributed by atoms with Crippen LogP contribution in [0.3, 0.4) is 0 Å². The fraction of sp³-hybridized carbons (Fsp3) is 0.0952. The highest BCUT2D eigenvalue weighted by molar-refractivity contribution is 6.42. The molecule has 4 nitrogen and oxygen atoms in total. The van der Waals surface area contributed by atoms with Crippen molar-refractivity contribution in [3.05, 3.63) is 86.9 Å². The van der Waals surface area contributed by atoms with Crippen molar-refractivity contribution in [2.45, 2.75) is 6.61 Å². The zero-order chi connectivity index (χ0) is 19.9. The summed E-state index contributed by atoms with van der Waals surface area (Å²) in [5.74, 6) is 1.20. The summed E-state index contributed by atoms with van der Waals surface area (Å²) in [5.41, 5.74) is 5.35. The van der Waals surface area contributed by atoms with E-state index in [0.717, 1.165) is 16.8 Å². The maximum Gasteiger partial charge on any atom is 0.170 e. The molecule has 0 amide bonds. The molecule has 0 bridgehead atoms. The highest BCUT2D eigenvalue weighted by atomic mass is 35.5. The smallest absolute Gasteiger partial charge is 0.170 e. The second-order valence-electron chi connectivity index (χ2n) is 5.80. The van der Waals surface area contributed by atoms with E-state index in [1.165, 1.54) is 0 Å². The van der Waals surface area contributed by atoms with E-state index in [1.807, 2.05) is 42.5 Å². The molecule has 3 aromatic rings. The van der Waals surface area contributed by atoms with Crippen LogP contribution in [0.2, 0.25) is 15.1 Å². The van der Waals surface area contributed by atoms with Crippen LogP contribution in [-0.4, -0.2) is 13.3 Å². The lowest BCUT2D eigenvalue weighted by molar-refractivity contribution is 0.284. The molecule has 28 heavy (non-hydrogen) atoms. The third-order valence-corrected chi connectivity index (χ3v) is 4.79. The molecule has 0 spiro atoms. The van der Waals surface area contributed by atoms with Crippen LogP contribution in [0.5, 0.6) is 11.5 Å².